The molecule has 1 amide bonds. The number of hydrogen-bond acceptors (Lipinski definition) is 4. The van der Waals surface area contributed by atoms with Crippen molar-refractivity contribution >= 4 is 22.6 Å². The summed E-state index contributed by atoms with van der Waals surface area (Å²) >= 11 is 0. The molecule has 1 atom stereocenters. The van der Waals surface area contributed by atoms with E-state index in [2.05, 4.69) is 5.32 Å². The normalized spacial score (nSPS) is 16.8. The lowest BCUT2D eigenvalue weighted by atomic mass is 10.1. The van der Waals surface area contributed by atoms with Crippen LogP contribution in [-0.4, -0.2) is 35.5 Å². The molecule has 0 aliphatic carbocycles. The molecule has 1 aromatic carbocycles. The first-order valence-electron chi connectivity index (χ1n) is 8.77. The van der Waals surface area contributed by atoms with E-state index in [4.69, 9.17) is 9.15 Å². The van der Waals surface area contributed by atoms with E-state index in [0.29, 0.717) is 12.1 Å². The Hall–Kier alpha value is -2.86. The van der Waals surface area contributed by atoms with Gasteiger partial charge in [0.25, 0.3) is 0 Å². The van der Waals surface area contributed by atoms with Gasteiger partial charge >= 0.3 is 0 Å². The number of carbonyl (C=O) groups excluding carboxylic acids is 2. The highest BCUT2D eigenvalue weighted by molar-refractivity contribution is 6.15. The molecule has 0 radical (unpaired) electrons. The third-order valence-electron chi connectivity index (χ3n) is 4.64. The molecule has 0 bridgehead atoms. The van der Waals surface area contributed by atoms with Gasteiger partial charge < -0.3 is 19.0 Å². The summed E-state index contributed by atoms with van der Waals surface area (Å²) in [7, 11) is 0. The molecule has 0 saturated carbocycles. The number of ether oxygens (including phenoxy) is 1. The molecule has 0 spiro atoms. The zero-order valence-electron chi connectivity index (χ0n) is 14.3. The molecule has 6 heteroatoms. The second-order valence-electron chi connectivity index (χ2n) is 6.43. The van der Waals surface area contributed by atoms with E-state index in [-0.39, 0.29) is 30.1 Å². The van der Waals surface area contributed by atoms with Gasteiger partial charge in [0.05, 0.1) is 17.9 Å². The number of nitrogens with zero attached hydrogens (tertiary/aromatic N) is 1. The van der Waals surface area contributed by atoms with Gasteiger partial charge in [-0.2, -0.15) is 0 Å². The summed E-state index contributed by atoms with van der Waals surface area (Å²) in [4.78, 5) is 25.0. The number of para-hydroxylation sites is 1. The maximum Gasteiger partial charge on any atom is 0.240 e. The summed E-state index contributed by atoms with van der Waals surface area (Å²) < 4.78 is 12.6. The van der Waals surface area contributed by atoms with Crippen molar-refractivity contribution in [1.82, 2.24) is 9.88 Å². The zero-order valence-corrected chi connectivity index (χ0v) is 14.3. The molecular formula is C20H20N2O4. The Morgan fingerprint density at radius 3 is 2.85 bits per heavy atom. The Kier molecular flexibility index (Phi) is 4.58. The quantitative estimate of drug-likeness (QED) is 0.692. The van der Waals surface area contributed by atoms with E-state index in [0.717, 1.165) is 30.4 Å². The number of carbonyl (C=O) groups is 2. The molecule has 26 heavy (non-hydrogen) atoms. The maximum atomic E-state index is 12.7. The molecule has 4 rings (SSSR count). The van der Waals surface area contributed by atoms with Gasteiger partial charge in [-0.05, 0) is 31.0 Å². The van der Waals surface area contributed by atoms with Crippen LogP contribution in [-0.2, 0) is 16.1 Å². The molecule has 134 valence electrons. The Balaban J connectivity index is 1.55. The van der Waals surface area contributed by atoms with Crippen LogP contribution in [0.5, 0.6) is 0 Å². The van der Waals surface area contributed by atoms with Gasteiger partial charge in [-0.1, -0.05) is 18.2 Å². The SMILES string of the molecule is O=C(Cn1cc(C(=O)c2ccco2)c2ccccc21)NC[C@H]1CCCO1. The molecule has 2 aromatic heterocycles. The summed E-state index contributed by atoms with van der Waals surface area (Å²) in [6.07, 6.45) is 5.33. The molecule has 0 unspecified atom stereocenters. The zero-order chi connectivity index (χ0) is 17.9. The van der Waals surface area contributed by atoms with Crippen LogP contribution in [0, 0.1) is 0 Å². The van der Waals surface area contributed by atoms with E-state index in [1.165, 1.54) is 6.26 Å². The van der Waals surface area contributed by atoms with Crippen molar-refractivity contribution in [3.8, 4) is 0 Å². The topological polar surface area (TPSA) is 73.5 Å². The average molecular weight is 352 g/mol. The standard InChI is InChI=1S/C20H20N2O4/c23-19(21-11-14-5-3-9-25-14)13-22-12-16(15-6-1-2-7-17(15)22)20(24)18-8-4-10-26-18/h1-2,4,6-8,10,12,14H,3,5,9,11,13H2,(H,21,23)/t14-/m1/s1. The minimum Gasteiger partial charge on any atom is -0.461 e. The predicted octanol–water partition coefficient (Wildman–Crippen LogP) is 2.76. The number of hydrogen-bond donors (Lipinski definition) is 1. The molecule has 3 aromatic rings. The average Bonchev–Trinajstić information content (AvgIpc) is 3.41. The van der Waals surface area contributed by atoms with Crippen molar-refractivity contribution in [2.24, 2.45) is 0 Å². The maximum absolute atomic E-state index is 12.7. The number of amides is 1. The smallest absolute Gasteiger partial charge is 0.240 e. The summed E-state index contributed by atoms with van der Waals surface area (Å²) in [5, 5.41) is 3.72. The number of ketones is 1. The Labute approximate surface area is 150 Å². The summed E-state index contributed by atoms with van der Waals surface area (Å²) in [6.45, 7) is 1.44. The van der Waals surface area contributed by atoms with E-state index >= 15 is 0 Å². The first-order valence-corrected chi connectivity index (χ1v) is 8.77. The lowest BCUT2D eigenvalue weighted by Crippen LogP contribution is -2.34. The lowest BCUT2D eigenvalue weighted by Gasteiger charge is -2.11. The van der Waals surface area contributed by atoms with Crippen molar-refractivity contribution in [3.05, 3.63) is 60.2 Å². The molecule has 1 fully saturated rings. The van der Waals surface area contributed by atoms with Crippen LogP contribution in [0.3, 0.4) is 0 Å². The van der Waals surface area contributed by atoms with Gasteiger partial charge in [0.1, 0.15) is 6.54 Å². The molecule has 6 nitrogen and oxygen atoms in total. The fourth-order valence-corrected chi connectivity index (χ4v) is 3.34. The van der Waals surface area contributed by atoms with Gasteiger partial charge in [-0.25, -0.2) is 0 Å². The molecule has 1 saturated heterocycles. The number of fused-ring (bicyclic) bond motifs is 1. The number of nitrogens with one attached hydrogen (secondary N) is 1. The highest BCUT2D eigenvalue weighted by atomic mass is 16.5. The third-order valence-corrected chi connectivity index (χ3v) is 4.64. The number of rotatable bonds is 6. The molecule has 1 aliphatic rings. The number of aromatic nitrogens is 1. The van der Waals surface area contributed by atoms with E-state index in [1.807, 2.05) is 24.3 Å². The van der Waals surface area contributed by atoms with Gasteiger partial charge in [-0.15, -0.1) is 0 Å². The highest BCUT2D eigenvalue weighted by Crippen LogP contribution is 2.24. The van der Waals surface area contributed by atoms with Crippen LogP contribution in [0.25, 0.3) is 10.9 Å². The fourth-order valence-electron chi connectivity index (χ4n) is 3.34. The van der Waals surface area contributed by atoms with Crippen molar-refractivity contribution in [3.63, 3.8) is 0 Å². The fraction of sp³-hybridized carbons (Fsp3) is 0.300. The second-order valence-corrected chi connectivity index (χ2v) is 6.43. The largest absolute Gasteiger partial charge is 0.461 e. The van der Waals surface area contributed by atoms with Gasteiger partial charge in [0.2, 0.25) is 11.7 Å². The monoisotopic (exact) mass is 352 g/mol. The molecule has 3 heterocycles. The van der Waals surface area contributed by atoms with Crippen LogP contribution in [0.15, 0.2) is 53.3 Å². The van der Waals surface area contributed by atoms with Crippen LogP contribution in [0.4, 0.5) is 0 Å². The van der Waals surface area contributed by atoms with Crippen LogP contribution >= 0.6 is 0 Å². The van der Waals surface area contributed by atoms with E-state index in [9.17, 15) is 9.59 Å². The summed E-state index contributed by atoms with van der Waals surface area (Å²) in [5.74, 6) is -0.00120. The second kappa shape index (κ2) is 7.17. The molecule has 1 aliphatic heterocycles. The Morgan fingerprint density at radius 1 is 1.19 bits per heavy atom. The lowest BCUT2D eigenvalue weighted by molar-refractivity contribution is -0.122. The van der Waals surface area contributed by atoms with E-state index in [1.54, 1.807) is 22.9 Å². The van der Waals surface area contributed by atoms with Crippen LogP contribution in [0.2, 0.25) is 0 Å². The highest BCUT2D eigenvalue weighted by Gasteiger charge is 2.20. The minimum atomic E-state index is -0.190. The number of furan rings is 1. The summed E-state index contributed by atoms with van der Waals surface area (Å²) in [6, 6.07) is 10.9. The number of benzene rings is 1. The van der Waals surface area contributed by atoms with E-state index < -0.39 is 0 Å². The van der Waals surface area contributed by atoms with Crippen molar-refractivity contribution in [2.75, 3.05) is 13.2 Å². The molecular weight excluding hydrogens is 332 g/mol. The molecule has 1 N–H and O–H groups in total. The van der Waals surface area contributed by atoms with Crippen molar-refractivity contribution in [1.29, 1.82) is 0 Å². The predicted molar refractivity (Wildman–Crippen MR) is 96.1 cm³/mol. The third kappa shape index (κ3) is 3.28. The van der Waals surface area contributed by atoms with Crippen LogP contribution < -0.4 is 5.32 Å². The van der Waals surface area contributed by atoms with Crippen LogP contribution in [0.1, 0.15) is 29.0 Å². The Morgan fingerprint density at radius 2 is 2.08 bits per heavy atom. The first-order chi connectivity index (χ1) is 12.7. The van der Waals surface area contributed by atoms with Gasteiger partial charge in [0, 0.05) is 30.3 Å². The van der Waals surface area contributed by atoms with Gasteiger partial charge in [-0.3, -0.25) is 9.59 Å². The van der Waals surface area contributed by atoms with Gasteiger partial charge in [0.15, 0.2) is 5.76 Å². The first kappa shape index (κ1) is 16.6. The Bertz CT molecular complexity index is 921. The van der Waals surface area contributed by atoms with Crippen molar-refractivity contribution < 1.29 is 18.7 Å². The van der Waals surface area contributed by atoms with Crippen molar-refractivity contribution in [2.45, 2.75) is 25.5 Å². The minimum absolute atomic E-state index is 0.0988. The summed E-state index contributed by atoms with van der Waals surface area (Å²) in [5.41, 5.74) is 1.37.